The van der Waals surface area contributed by atoms with E-state index < -0.39 is 0 Å². The van der Waals surface area contributed by atoms with E-state index in [4.69, 9.17) is 18.9 Å². The van der Waals surface area contributed by atoms with Crippen LogP contribution in [0.1, 0.15) is 116 Å². The fraction of sp³-hybridized carbons (Fsp3) is 0.610. The first-order chi connectivity index (χ1) is 21.3. The predicted octanol–water partition coefficient (Wildman–Crippen LogP) is 9.93. The van der Waals surface area contributed by atoms with Crippen LogP contribution in [-0.2, 0) is 20.3 Å². The summed E-state index contributed by atoms with van der Waals surface area (Å²) in [7, 11) is 0. The predicted molar refractivity (Wildman–Crippen MR) is 185 cm³/mol. The van der Waals surface area contributed by atoms with Crippen molar-refractivity contribution in [1.29, 1.82) is 0 Å². The third-order valence-electron chi connectivity index (χ3n) is 10.9. The Balaban J connectivity index is 1.11. The summed E-state index contributed by atoms with van der Waals surface area (Å²) in [6.07, 6.45) is 12.8. The van der Waals surface area contributed by atoms with Crippen molar-refractivity contribution >= 4 is 11.1 Å². The van der Waals surface area contributed by atoms with Crippen LogP contribution >= 0.6 is 0 Å². The van der Waals surface area contributed by atoms with Crippen LogP contribution < -0.4 is 9.47 Å². The summed E-state index contributed by atoms with van der Waals surface area (Å²) in [6, 6.07) is 13.7. The van der Waals surface area contributed by atoms with E-state index in [1.807, 2.05) is 0 Å². The highest BCUT2D eigenvalue weighted by atomic mass is 16.6. The van der Waals surface area contributed by atoms with Crippen LogP contribution in [0, 0.1) is 17.3 Å². The van der Waals surface area contributed by atoms with Crippen LogP contribution in [0.4, 0.5) is 0 Å². The normalized spacial score (nSPS) is 25.3. The minimum absolute atomic E-state index is 0.0263. The Morgan fingerprint density at radius 1 is 0.622 bits per heavy atom. The quantitative estimate of drug-likeness (QED) is 0.251. The molecular formula is C41H56O4. The smallest absolute Gasteiger partial charge is 0.123 e. The number of allylic oxidation sites excluding steroid dienone is 4. The van der Waals surface area contributed by atoms with Crippen molar-refractivity contribution < 1.29 is 18.9 Å². The molecule has 4 heteroatoms. The Kier molecular flexibility index (Phi) is 9.04. The van der Waals surface area contributed by atoms with Crippen molar-refractivity contribution in [3.05, 3.63) is 70.8 Å². The minimum Gasteiger partial charge on any atom is -0.490 e. The molecule has 2 aromatic rings. The second-order valence-corrected chi connectivity index (χ2v) is 16.7. The van der Waals surface area contributed by atoms with Gasteiger partial charge in [0.15, 0.2) is 0 Å². The fourth-order valence-corrected chi connectivity index (χ4v) is 7.45. The van der Waals surface area contributed by atoms with Crippen LogP contribution in [0.5, 0.6) is 11.5 Å². The molecule has 0 aromatic heterocycles. The summed E-state index contributed by atoms with van der Waals surface area (Å²) in [5.74, 6) is 3.43. The Morgan fingerprint density at radius 2 is 1.02 bits per heavy atom. The molecule has 4 nitrogen and oxygen atoms in total. The minimum atomic E-state index is 0.0263. The number of benzene rings is 2. The lowest BCUT2D eigenvalue weighted by Crippen LogP contribution is -2.34. The molecule has 2 aromatic carbocycles. The highest BCUT2D eigenvalue weighted by molar-refractivity contribution is 5.69. The fourth-order valence-electron chi connectivity index (χ4n) is 7.45. The molecule has 0 amide bonds. The van der Waals surface area contributed by atoms with E-state index in [1.54, 1.807) is 0 Å². The first-order valence-corrected chi connectivity index (χ1v) is 17.5. The maximum absolute atomic E-state index is 6.18. The second-order valence-electron chi connectivity index (χ2n) is 16.7. The van der Waals surface area contributed by atoms with E-state index in [9.17, 15) is 0 Å². The topological polar surface area (TPSA) is 43.5 Å². The molecule has 4 atom stereocenters. The van der Waals surface area contributed by atoms with Crippen LogP contribution in [0.2, 0.25) is 0 Å². The van der Waals surface area contributed by atoms with E-state index in [0.29, 0.717) is 30.5 Å². The molecule has 0 saturated carbocycles. The van der Waals surface area contributed by atoms with Gasteiger partial charge in [0.05, 0.1) is 13.2 Å². The Labute approximate surface area is 272 Å². The average Bonchev–Trinajstić information content (AvgIpc) is 3.94. The van der Waals surface area contributed by atoms with Gasteiger partial charge in [-0.15, -0.1) is 0 Å². The lowest BCUT2D eigenvalue weighted by Gasteiger charge is -2.44. The van der Waals surface area contributed by atoms with Crippen molar-refractivity contribution in [1.82, 2.24) is 0 Å². The molecule has 2 aliphatic carbocycles. The van der Waals surface area contributed by atoms with Crippen molar-refractivity contribution in [2.24, 2.45) is 17.3 Å². The molecule has 0 bridgehead atoms. The lowest BCUT2D eigenvalue weighted by atomic mass is 9.61. The summed E-state index contributed by atoms with van der Waals surface area (Å²) in [5.41, 5.74) is 8.67. The zero-order valence-corrected chi connectivity index (χ0v) is 29.1. The molecule has 45 heavy (non-hydrogen) atoms. The number of rotatable bonds is 10. The SMILES string of the molecule is CC(C)(C)c1cc(C2=CCC(C(C)(C)C3CC=C(c4ccc(OCC5CO5)c(C(C)(C)C)c4)CC3)CC2)ccc1OCC1CO1. The first kappa shape index (κ1) is 32.4. The number of epoxide rings is 2. The number of hydrogen-bond acceptors (Lipinski definition) is 4. The summed E-state index contributed by atoms with van der Waals surface area (Å²) in [4.78, 5) is 0. The monoisotopic (exact) mass is 612 g/mol. The Morgan fingerprint density at radius 3 is 1.33 bits per heavy atom. The van der Waals surface area contributed by atoms with Crippen LogP contribution in [0.3, 0.4) is 0 Å². The summed E-state index contributed by atoms with van der Waals surface area (Å²) >= 11 is 0. The third-order valence-corrected chi connectivity index (χ3v) is 10.9. The van der Waals surface area contributed by atoms with Crippen LogP contribution in [-0.4, -0.2) is 38.6 Å². The summed E-state index contributed by atoms with van der Waals surface area (Å²) < 4.78 is 23.1. The summed E-state index contributed by atoms with van der Waals surface area (Å²) in [6.45, 7) is 21.7. The van der Waals surface area contributed by atoms with E-state index in [2.05, 4.69) is 104 Å². The van der Waals surface area contributed by atoms with Gasteiger partial charge in [-0.25, -0.2) is 0 Å². The van der Waals surface area contributed by atoms with Crippen molar-refractivity contribution in [2.45, 2.75) is 117 Å². The summed E-state index contributed by atoms with van der Waals surface area (Å²) in [5, 5.41) is 0. The molecule has 6 rings (SSSR count). The van der Waals surface area contributed by atoms with E-state index in [0.717, 1.165) is 37.6 Å². The molecule has 2 aliphatic heterocycles. The van der Waals surface area contributed by atoms with Gasteiger partial charge in [0, 0.05) is 11.1 Å². The largest absolute Gasteiger partial charge is 0.490 e. The Bertz CT molecular complexity index is 1320. The van der Waals surface area contributed by atoms with Gasteiger partial charge >= 0.3 is 0 Å². The maximum atomic E-state index is 6.18. The molecule has 4 aliphatic rings. The van der Waals surface area contributed by atoms with E-state index >= 15 is 0 Å². The van der Waals surface area contributed by atoms with E-state index in [1.165, 1.54) is 59.1 Å². The number of ether oxygens (including phenoxy) is 4. The molecule has 2 heterocycles. The van der Waals surface area contributed by atoms with Crippen LogP contribution in [0.15, 0.2) is 48.6 Å². The maximum Gasteiger partial charge on any atom is 0.123 e. The van der Waals surface area contributed by atoms with Gasteiger partial charge in [0.25, 0.3) is 0 Å². The first-order valence-electron chi connectivity index (χ1n) is 17.5. The molecule has 0 N–H and O–H groups in total. The van der Waals surface area contributed by atoms with Gasteiger partial charge in [0.1, 0.15) is 36.9 Å². The van der Waals surface area contributed by atoms with Gasteiger partial charge in [-0.3, -0.25) is 0 Å². The third kappa shape index (κ3) is 7.71. The molecule has 2 saturated heterocycles. The standard InChI is InChI=1S/C41H56O4/c1-39(2,3)35-21-29(13-19-37(35)44-25-33-23-42-33)27-9-15-31(16-10-27)41(7,8)32-17-11-28(12-18-32)30-14-20-38(45-26-34-24-43-34)36(22-30)40(4,5)6/h9,11,13-14,19-22,31-34H,10,12,15-18,23-26H2,1-8H3. The molecular weight excluding hydrogens is 556 g/mol. The zero-order chi connectivity index (χ0) is 32.0. The molecule has 0 spiro atoms. The van der Waals surface area contributed by atoms with Gasteiger partial charge in [0.2, 0.25) is 0 Å². The van der Waals surface area contributed by atoms with Gasteiger partial charge in [-0.2, -0.15) is 0 Å². The van der Waals surface area contributed by atoms with Crippen molar-refractivity contribution in [2.75, 3.05) is 26.4 Å². The van der Waals surface area contributed by atoms with Crippen molar-refractivity contribution in [3.8, 4) is 11.5 Å². The van der Waals surface area contributed by atoms with Gasteiger partial charge in [-0.05, 0) is 113 Å². The second kappa shape index (κ2) is 12.6. The molecule has 0 radical (unpaired) electrons. The van der Waals surface area contributed by atoms with Crippen molar-refractivity contribution in [3.63, 3.8) is 0 Å². The average molecular weight is 613 g/mol. The lowest BCUT2D eigenvalue weighted by molar-refractivity contribution is 0.0991. The number of hydrogen-bond donors (Lipinski definition) is 0. The highest BCUT2D eigenvalue weighted by Crippen LogP contribution is 2.50. The zero-order valence-electron chi connectivity index (χ0n) is 29.1. The van der Waals surface area contributed by atoms with Crippen LogP contribution in [0.25, 0.3) is 11.1 Å². The van der Waals surface area contributed by atoms with E-state index in [-0.39, 0.29) is 23.0 Å². The van der Waals surface area contributed by atoms with Gasteiger partial charge < -0.3 is 18.9 Å². The Hall–Kier alpha value is -2.56. The molecule has 2 fully saturated rings. The highest BCUT2D eigenvalue weighted by Gasteiger charge is 2.38. The molecule has 244 valence electrons. The van der Waals surface area contributed by atoms with Gasteiger partial charge in [-0.1, -0.05) is 79.7 Å². The molecule has 4 unspecified atom stereocenters.